The Balaban J connectivity index is 2.99. The van der Waals surface area contributed by atoms with E-state index in [2.05, 4.69) is 6.04 Å². The Morgan fingerprint density at radius 1 is 1.56 bits per heavy atom. The summed E-state index contributed by atoms with van der Waals surface area (Å²) >= 11 is 0. The third-order valence-corrected chi connectivity index (χ3v) is 1.17. The van der Waals surface area contributed by atoms with E-state index in [1.165, 1.54) is 0 Å². The molecule has 2 nitrogen and oxygen atoms in total. The fourth-order valence-electron chi connectivity index (χ4n) is 0.558. The summed E-state index contributed by atoms with van der Waals surface area (Å²) in [5.41, 5.74) is 5.29. The summed E-state index contributed by atoms with van der Waals surface area (Å²) in [6.45, 7) is 1.71. The molecule has 0 aromatic rings. The molecule has 0 rings (SSSR count). The smallest absolute Gasteiger partial charge is 0.0257 e. The highest BCUT2D eigenvalue weighted by atomic mass is 15.1. The van der Waals surface area contributed by atoms with Gasteiger partial charge in [0.1, 0.15) is 0 Å². The van der Waals surface area contributed by atoms with Crippen molar-refractivity contribution < 1.29 is 0 Å². The van der Waals surface area contributed by atoms with Crippen LogP contribution in [0.4, 0.5) is 0 Å². The fourth-order valence-corrected chi connectivity index (χ4v) is 0.558. The van der Waals surface area contributed by atoms with Gasteiger partial charge in [0.2, 0.25) is 0 Å². The minimum Gasteiger partial charge on any atom is -0.336 e. The summed E-state index contributed by atoms with van der Waals surface area (Å²) in [6, 6.07) is 2.52. The predicted molar refractivity (Wildman–Crippen MR) is 39.8 cm³/mol. The topological polar surface area (TPSA) is 29.3 Å². The van der Waals surface area contributed by atoms with Gasteiger partial charge in [0.15, 0.2) is 0 Å². The van der Waals surface area contributed by atoms with Crippen LogP contribution < -0.4 is 5.73 Å². The first kappa shape index (κ1) is 8.32. The number of rotatable bonds is 4. The van der Waals surface area contributed by atoms with Crippen LogP contribution in [0.5, 0.6) is 0 Å². The first-order valence-corrected chi connectivity index (χ1v) is 3.18. The van der Waals surface area contributed by atoms with Crippen molar-refractivity contribution in [2.24, 2.45) is 5.73 Å². The van der Waals surface area contributed by atoms with Crippen molar-refractivity contribution in [3.63, 3.8) is 0 Å². The van der Waals surface area contributed by atoms with Crippen LogP contribution in [0.25, 0.3) is 0 Å². The molecule has 0 atom stereocenters. The van der Waals surface area contributed by atoms with Gasteiger partial charge in [0, 0.05) is 19.6 Å². The normalized spacial score (nSPS) is 8.56. The van der Waals surface area contributed by atoms with E-state index >= 15 is 0 Å². The molecule has 0 amide bonds. The SMILES string of the molecule is C#CN(C)CCCCN. The fraction of sp³-hybridized carbons (Fsp3) is 0.714. The van der Waals surface area contributed by atoms with Crippen LogP contribution in [0, 0.1) is 12.5 Å². The second-order valence-corrected chi connectivity index (χ2v) is 2.05. The number of terminal acetylenes is 1. The largest absolute Gasteiger partial charge is 0.336 e. The molecule has 0 aromatic carbocycles. The van der Waals surface area contributed by atoms with E-state index in [9.17, 15) is 0 Å². The molecule has 0 aromatic heterocycles. The van der Waals surface area contributed by atoms with Crippen molar-refractivity contribution >= 4 is 0 Å². The number of nitrogens with two attached hydrogens (primary N) is 1. The van der Waals surface area contributed by atoms with Gasteiger partial charge in [-0.2, -0.15) is 0 Å². The molecule has 0 spiro atoms. The molecule has 0 bridgehead atoms. The van der Waals surface area contributed by atoms with E-state index < -0.39 is 0 Å². The average Bonchev–Trinajstić information content (AvgIpc) is 1.89. The first-order valence-electron chi connectivity index (χ1n) is 3.18. The second kappa shape index (κ2) is 5.46. The van der Waals surface area contributed by atoms with E-state index in [0.717, 1.165) is 25.9 Å². The van der Waals surface area contributed by atoms with Crippen molar-refractivity contribution in [1.82, 2.24) is 4.90 Å². The molecule has 0 aliphatic heterocycles. The van der Waals surface area contributed by atoms with Crippen LogP contribution in [0.3, 0.4) is 0 Å². The lowest BCUT2D eigenvalue weighted by Gasteiger charge is -2.08. The minimum atomic E-state index is 0.762. The van der Waals surface area contributed by atoms with Gasteiger partial charge in [0.25, 0.3) is 0 Å². The van der Waals surface area contributed by atoms with Gasteiger partial charge in [0.05, 0.1) is 0 Å². The van der Waals surface area contributed by atoms with Crippen molar-refractivity contribution in [3.8, 4) is 12.5 Å². The Bertz CT molecular complexity index is 93.6. The molecule has 0 heterocycles. The van der Waals surface area contributed by atoms with Crippen LogP contribution in [0.1, 0.15) is 12.8 Å². The van der Waals surface area contributed by atoms with Gasteiger partial charge in [-0.25, -0.2) is 0 Å². The van der Waals surface area contributed by atoms with Gasteiger partial charge in [-0.1, -0.05) is 6.42 Å². The van der Waals surface area contributed by atoms with E-state index in [4.69, 9.17) is 12.2 Å². The molecule has 0 aliphatic carbocycles. The molecule has 52 valence electrons. The molecule has 0 saturated carbocycles. The number of hydrogen-bond acceptors (Lipinski definition) is 2. The van der Waals surface area contributed by atoms with Crippen molar-refractivity contribution in [3.05, 3.63) is 0 Å². The molecule has 9 heavy (non-hydrogen) atoms. The third-order valence-electron chi connectivity index (χ3n) is 1.17. The Hall–Kier alpha value is -0.680. The summed E-state index contributed by atoms with van der Waals surface area (Å²) < 4.78 is 0. The minimum absolute atomic E-state index is 0.762. The third kappa shape index (κ3) is 5.19. The van der Waals surface area contributed by atoms with E-state index in [0.29, 0.717) is 0 Å². The van der Waals surface area contributed by atoms with Gasteiger partial charge >= 0.3 is 0 Å². The maximum absolute atomic E-state index is 5.29. The molecule has 0 saturated heterocycles. The number of hydrogen-bond donors (Lipinski definition) is 1. The monoisotopic (exact) mass is 126 g/mol. The van der Waals surface area contributed by atoms with E-state index in [1.807, 2.05) is 11.9 Å². The van der Waals surface area contributed by atoms with Gasteiger partial charge in [-0.15, -0.1) is 0 Å². The number of unbranched alkanes of at least 4 members (excludes halogenated alkanes) is 1. The molecule has 2 heteroatoms. The molecule has 2 N–H and O–H groups in total. The zero-order valence-electron chi connectivity index (χ0n) is 5.93. The molecule has 0 fully saturated rings. The van der Waals surface area contributed by atoms with Crippen molar-refractivity contribution in [2.45, 2.75) is 12.8 Å². The van der Waals surface area contributed by atoms with Crippen LogP contribution in [-0.4, -0.2) is 25.0 Å². The Morgan fingerprint density at radius 2 is 2.22 bits per heavy atom. The van der Waals surface area contributed by atoms with Crippen molar-refractivity contribution in [1.29, 1.82) is 0 Å². The highest BCUT2D eigenvalue weighted by molar-refractivity contribution is 4.81. The predicted octanol–water partition coefficient (Wildman–Crippen LogP) is 0.248. The molecular formula is C7H14N2. The van der Waals surface area contributed by atoms with Gasteiger partial charge in [-0.3, -0.25) is 0 Å². The molecular weight excluding hydrogens is 112 g/mol. The lowest BCUT2D eigenvalue weighted by atomic mass is 10.3. The van der Waals surface area contributed by atoms with Crippen LogP contribution in [0.15, 0.2) is 0 Å². The molecule has 0 aliphatic rings. The highest BCUT2D eigenvalue weighted by Gasteiger charge is 1.88. The second-order valence-electron chi connectivity index (χ2n) is 2.05. The van der Waals surface area contributed by atoms with Crippen LogP contribution in [-0.2, 0) is 0 Å². The maximum atomic E-state index is 5.29. The maximum Gasteiger partial charge on any atom is 0.0257 e. The first-order chi connectivity index (χ1) is 4.31. The Labute approximate surface area is 57.0 Å². The van der Waals surface area contributed by atoms with Crippen LogP contribution in [0.2, 0.25) is 0 Å². The Morgan fingerprint density at radius 3 is 2.67 bits per heavy atom. The van der Waals surface area contributed by atoms with Crippen LogP contribution >= 0.6 is 0 Å². The zero-order chi connectivity index (χ0) is 7.11. The summed E-state index contributed by atoms with van der Waals surface area (Å²) in [6.07, 6.45) is 7.25. The zero-order valence-corrected chi connectivity index (χ0v) is 5.93. The quantitative estimate of drug-likeness (QED) is 0.332. The van der Waals surface area contributed by atoms with E-state index in [-0.39, 0.29) is 0 Å². The standard InChI is InChI=1S/C7H14N2/c1-3-9(2)7-5-4-6-8/h1H,4-8H2,2H3. The number of nitrogens with zero attached hydrogens (tertiary/aromatic N) is 1. The van der Waals surface area contributed by atoms with Crippen molar-refractivity contribution in [2.75, 3.05) is 20.1 Å². The molecule has 0 radical (unpaired) electrons. The Kier molecular flexibility index (Phi) is 5.04. The summed E-state index contributed by atoms with van der Waals surface area (Å²) in [5.74, 6) is 0. The molecule has 0 unspecified atom stereocenters. The summed E-state index contributed by atoms with van der Waals surface area (Å²) in [5, 5.41) is 0. The lowest BCUT2D eigenvalue weighted by molar-refractivity contribution is 0.461. The summed E-state index contributed by atoms with van der Waals surface area (Å²) in [7, 11) is 1.90. The average molecular weight is 126 g/mol. The van der Waals surface area contributed by atoms with Gasteiger partial charge in [-0.05, 0) is 19.4 Å². The lowest BCUT2D eigenvalue weighted by Crippen LogP contribution is -2.13. The summed E-state index contributed by atoms with van der Waals surface area (Å²) in [4.78, 5) is 1.83. The van der Waals surface area contributed by atoms with E-state index in [1.54, 1.807) is 0 Å². The van der Waals surface area contributed by atoms with Gasteiger partial charge < -0.3 is 10.6 Å². The highest BCUT2D eigenvalue weighted by Crippen LogP contribution is 1.87.